The topological polar surface area (TPSA) is 49.9 Å². The molecule has 0 amide bonds. The molecule has 0 bridgehead atoms. The summed E-state index contributed by atoms with van der Waals surface area (Å²) in [6.45, 7) is 0. The predicted octanol–water partition coefficient (Wildman–Crippen LogP) is 4.07. The van der Waals surface area contributed by atoms with Crippen molar-refractivity contribution in [3.8, 4) is 0 Å². The number of halogens is 2. The summed E-state index contributed by atoms with van der Waals surface area (Å²) in [5.74, 6) is -0.329. The van der Waals surface area contributed by atoms with Gasteiger partial charge in [-0.05, 0) is 12.1 Å². The van der Waals surface area contributed by atoms with Crippen molar-refractivity contribution in [2.75, 3.05) is 0 Å². The number of nitrogens with one attached hydrogen (secondary N) is 1. The molecule has 0 unspecified atom stereocenters. The van der Waals surface area contributed by atoms with Gasteiger partial charge in [-0.15, -0.1) is 0 Å². The van der Waals surface area contributed by atoms with Gasteiger partial charge in [-0.25, -0.2) is 0 Å². The minimum atomic E-state index is -0.365. The third-order valence-corrected chi connectivity index (χ3v) is 3.92. The summed E-state index contributed by atoms with van der Waals surface area (Å²) in [4.78, 5) is 27.8. The zero-order valence-electron chi connectivity index (χ0n) is 10.7. The number of carbonyl (C=O) groups is 1. The van der Waals surface area contributed by atoms with Crippen LogP contribution in [-0.4, -0.2) is 10.8 Å². The van der Waals surface area contributed by atoms with Crippen LogP contribution in [0.15, 0.2) is 53.5 Å². The maximum Gasteiger partial charge on any atom is 0.200 e. The van der Waals surface area contributed by atoms with Gasteiger partial charge in [0.25, 0.3) is 0 Å². The number of ketones is 1. The predicted molar refractivity (Wildman–Crippen MR) is 84.5 cm³/mol. The molecule has 3 aromatic rings. The number of rotatable bonds is 2. The standard InChI is InChI=1S/C16H9Cl2NO2/c17-12-6-10-14(7-13(12)18)19-8-11(16(10)21)15(20)9-4-2-1-3-5-9/h1-8H,(H,19,21). The Kier molecular flexibility index (Phi) is 3.53. The van der Waals surface area contributed by atoms with Crippen LogP contribution in [0.25, 0.3) is 10.9 Å². The number of pyridine rings is 1. The number of hydrogen-bond acceptors (Lipinski definition) is 2. The van der Waals surface area contributed by atoms with Gasteiger partial charge in [-0.1, -0.05) is 53.5 Å². The first-order valence-corrected chi connectivity index (χ1v) is 6.93. The van der Waals surface area contributed by atoms with Crippen LogP contribution in [-0.2, 0) is 0 Å². The number of benzene rings is 2. The Hall–Kier alpha value is -2.10. The zero-order valence-corrected chi connectivity index (χ0v) is 12.2. The molecule has 0 fully saturated rings. The van der Waals surface area contributed by atoms with Crippen LogP contribution in [0.3, 0.4) is 0 Å². The molecule has 2 aromatic carbocycles. The van der Waals surface area contributed by atoms with E-state index >= 15 is 0 Å². The van der Waals surface area contributed by atoms with Crippen molar-refractivity contribution >= 4 is 39.9 Å². The fourth-order valence-corrected chi connectivity index (χ4v) is 2.46. The van der Waals surface area contributed by atoms with Gasteiger partial charge in [0.15, 0.2) is 5.78 Å². The van der Waals surface area contributed by atoms with E-state index in [2.05, 4.69) is 4.98 Å². The smallest absolute Gasteiger partial charge is 0.200 e. The lowest BCUT2D eigenvalue weighted by atomic mass is 10.0. The van der Waals surface area contributed by atoms with Crippen molar-refractivity contribution < 1.29 is 4.79 Å². The van der Waals surface area contributed by atoms with Crippen molar-refractivity contribution in [1.82, 2.24) is 4.98 Å². The van der Waals surface area contributed by atoms with Gasteiger partial charge in [0.05, 0.1) is 21.1 Å². The molecule has 1 aromatic heterocycles. The molecule has 3 nitrogen and oxygen atoms in total. The molecule has 0 atom stereocenters. The fraction of sp³-hybridized carbons (Fsp3) is 0. The molecule has 5 heteroatoms. The van der Waals surface area contributed by atoms with Crippen LogP contribution in [0.5, 0.6) is 0 Å². The quantitative estimate of drug-likeness (QED) is 0.724. The highest BCUT2D eigenvalue weighted by molar-refractivity contribution is 6.42. The van der Waals surface area contributed by atoms with Gasteiger partial charge >= 0.3 is 0 Å². The molecule has 1 N–H and O–H groups in total. The molecule has 3 rings (SSSR count). The number of fused-ring (bicyclic) bond motifs is 1. The molecule has 104 valence electrons. The van der Waals surface area contributed by atoms with E-state index in [0.717, 1.165) is 0 Å². The molecule has 1 heterocycles. The second kappa shape index (κ2) is 5.35. The second-order valence-corrected chi connectivity index (χ2v) is 5.35. The summed E-state index contributed by atoms with van der Waals surface area (Å²) < 4.78 is 0. The molecule has 0 saturated heterocycles. The van der Waals surface area contributed by atoms with Gasteiger partial charge in [0, 0.05) is 17.1 Å². The monoisotopic (exact) mass is 317 g/mol. The zero-order chi connectivity index (χ0) is 15.0. The number of H-pyrrole nitrogens is 1. The van der Waals surface area contributed by atoms with Crippen molar-refractivity contribution in [2.45, 2.75) is 0 Å². The molecular formula is C16H9Cl2NO2. The van der Waals surface area contributed by atoms with Gasteiger partial charge in [-0.3, -0.25) is 9.59 Å². The molecule has 0 radical (unpaired) electrons. The Morgan fingerprint density at radius 1 is 1.00 bits per heavy atom. The van der Waals surface area contributed by atoms with E-state index in [0.29, 0.717) is 21.5 Å². The third-order valence-electron chi connectivity index (χ3n) is 3.20. The Morgan fingerprint density at radius 3 is 2.38 bits per heavy atom. The summed E-state index contributed by atoms with van der Waals surface area (Å²) in [6.07, 6.45) is 1.41. The van der Waals surface area contributed by atoms with E-state index in [1.54, 1.807) is 30.3 Å². The minimum Gasteiger partial charge on any atom is -0.360 e. The van der Waals surface area contributed by atoms with E-state index in [1.807, 2.05) is 6.07 Å². The first kappa shape index (κ1) is 13.9. The maximum atomic E-state index is 12.5. The fourth-order valence-electron chi connectivity index (χ4n) is 2.13. The second-order valence-electron chi connectivity index (χ2n) is 4.54. The molecule has 0 aliphatic heterocycles. The summed E-state index contributed by atoms with van der Waals surface area (Å²) in [5.41, 5.74) is 0.713. The number of aromatic nitrogens is 1. The first-order chi connectivity index (χ1) is 10.1. The highest BCUT2D eigenvalue weighted by atomic mass is 35.5. The van der Waals surface area contributed by atoms with Crippen LogP contribution < -0.4 is 5.43 Å². The molecule has 0 aliphatic rings. The molecule has 0 spiro atoms. The van der Waals surface area contributed by atoms with E-state index in [-0.39, 0.29) is 21.8 Å². The lowest BCUT2D eigenvalue weighted by Crippen LogP contribution is -2.16. The number of aromatic amines is 1. The van der Waals surface area contributed by atoms with Crippen molar-refractivity contribution in [2.24, 2.45) is 0 Å². The first-order valence-electron chi connectivity index (χ1n) is 6.18. The largest absolute Gasteiger partial charge is 0.360 e. The highest BCUT2D eigenvalue weighted by Crippen LogP contribution is 2.25. The summed E-state index contributed by atoms with van der Waals surface area (Å²) >= 11 is 11.9. The Morgan fingerprint density at radius 2 is 1.67 bits per heavy atom. The Bertz CT molecular complexity index is 901. The minimum absolute atomic E-state index is 0.0760. The van der Waals surface area contributed by atoms with Crippen molar-refractivity contribution in [1.29, 1.82) is 0 Å². The molecular weight excluding hydrogens is 309 g/mol. The lowest BCUT2D eigenvalue weighted by molar-refractivity contribution is 0.103. The number of hydrogen-bond donors (Lipinski definition) is 1. The Labute approximate surface area is 130 Å². The van der Waals surface area contributed by atoms with Crippen molar-refractivity contribution in [3.05, 3.63) is 80.1 Å². The van der Waals surface area contributed by atoms with E-state index in [9.17, 15) is 9.59 Å². The van der Waals surface area contributed by atoms with Gasteiger partial charge in [-0.2, -0.15) is 0 Å². The SMILES string of the molecule is O=C(c1ccccc1)c1c[nH]c2cc(Cl)c(Cl)cc2c1=O. The molecule has 0 aliphatic carbocycles. The average molecular weight is 318 g/mol. The van der Waals surface area contributed by atoms with Crippen LogP contribution in [0, 0.1) is 0 Å². The van der Waals surface area contributed by atoms with Crippen LogP contribution in [0.2, 0.25) is 10.0 Å². The van der Waals surface area contributed by atoms with Crippen molar-refractivity contribution in [3.63, 3.8) is 0 Å². The molecule has 0 saturated carbocycles. The van der Waals surface area contributed by atoms with Gasteiger partial charge < -0.3 is 4.98 Å². The van der Waals surface area contributed by atoms with Crippen LogP contribution >= 0.6 is 23.2 Å². The van der Waals surface area contributed by atoms with E-state index in [4.69, 9.17) is 23.2 Å². The maximum absolute atomic E-state index is 12.5. The lowest BCUT2D eigenvalue weighted by Gasteiger charge is -2.04. The summed E-state index contributed by atoms with van der Waals surface area (Å²) in [7, 11) is 0. The summed E-state index contributed by atoms with van der Waals surface area (Å²) in [6, 6.07) is 11.7. The average Bonchev–Trinajstić information content (AvgIpc) is 2.50. The van der Waals surface area contributed by atoms with Crippen LogP contribution in [0.1, 0.15) is 15.9 Å². The summed E-state index contributed by atoms with van der Waals surface area (Å²) in [5, 5.41) is 0.965. The third kappa shape index (κ3) is 2.46. The van der Waals surface area contributed by atoms with E-state index < -0.39 is 0 Å². The van der Waals surface area contributed by atoms with Gasteiger partial charge in [0.2, 0.25) is 5.43 Å². The highest BCUT2D eigenvalue weighted by Gasteiger charge is 2.15. The normalized spacial score (nSPS) is 10.8. The van der Waals surface area contributed by atoms with Crippen LogP contribution in [0.4, 0.5) is 0 Å². The number of carbonyl (C=O) groups excluding carboxylic acids is 1. The van der Waals surface area contributed by atoms with Gasteiger partial charge in [0.1, 0.15) is 0 Å². The van der Waals surface area contributed by atoms with E-state index in [1.165, 1.54) is 12.3 Å². The Balaban J connectivity index is 2.21. The molecule has 21 heavy (non-hydrogen) atoms.